The minimum atomic E-state index is -1.04. The van der Waals surface area contributed by atoms with Crippen LogP contribution in [0.3, 0.4) is 0 Å². The van der Waals surface area contributed by atoms with Crippen molar-refractivity contribution < 1.29 is 19.5 Å². The predicted molar refractivity (Wildman–Crippen MR) is 131 cm³/mol. The lowest BCUT2D eigenvalue weighted by Crippen LogP contribution is -2.53. The van der Waals surface area contributed by atoms with Crippen LogP contribution in [-0.2, 0) is 16.1 Å². The molecule has 0 bridgehead atoms. The summed E-state index contributed by atoms with van der Waals surface area (Å²) in [7, 11) is 1.64. The van der Waals surface area contributed by atoms with E-state index in [1.54, 1.807) is 24.1 Å². The smallest absolute Gasteiger partial charge is 0.335 e. The quantitative estimate of drug-likeness (QED) is 0.672. The van der Waals surface area contributed by atoms with Gasteiger partial charge in [0.25, 0.3) is 0 Å². The number of nitrogens with zero attached hydrogens (tertiary/aromatic N) is 3. The summed E-state index contributed by atoms with van der Waals surface area (Å²) in [6, 6.07) is 11.9. The van der Waals surface area contributed by atoms with Crippen LogP contribution in [0.1, 0.15) is 47.2 Å². The Morgan fingerprint density at radius 2 is 1.85 bits per heavy atom. The number of carboxylic acid groups (broad SMARTS) is 1. The summed E-state index contributed by atoms with van der Waals surface area (Å²) in [4.78, 5) is 43.1. The Morgan fingerprint density at radius 1 is 1.12 bits per heavy atom. The molecule has 0 radical (unpaired) electrons. The second kappa shape index (κ2) is 10.2. The first-order valence-electron chi connectivity index (χ1n) is 11.6. The number of carboxylic acids is 1. The molecule has 0 unspecified atom stereocenters. The highest BCUT2D eigenvalue weighted by atomic mass is 35.5. The van der Waals surface area contributed by atoms with Crippen molar-refractivity contribution in [3.63, 3.8) is 0 Å². The first kappa shape index (κ1) is 24.2. The Kier molecular flexibility index (Phi) is 7.24. The normalized spacial score (nSPS) is 19.4. The molecule has 2 aromatic carbocycles. The first-order valence-corrected chi connectivity index (χ1v) is 12.0. The molecule has 0 saturated carbocycles. The topological polar surface area (TPSA) is 81.2 Å². The molecule has 2 amide bonds. The molecule has 2 aromatic rings. The van der Waals surface area contributed by atoms with E-state index in [9.17, 15) is 19.5 Å². The molecule has 2 aliphatic heterocycles. The van der Waals surface area contributed by atoms with E-state index in [1.165, 1.54) is 22.6 Å². The molecule has 0 spiro atoms. The molecular weight excluding hydrogens is 454 g/mol. The number of anilines is 1. The van der Waals surface area contributed by atoms with Gasteiger partial charge >= 0.3 is 5.97 Å². The first-order chi connectivity index (χ1) is 16.2. The summed E-state index contributed by atoms with van der Waals surface area (Å²) >= 11 is 6.14. The summed E-state index contributed by atoms with van der Waals surface area (Å²) in [5, 5.41) is 10.0. The van der Waals surface area contributed by atoms with Gasteiger partial charge in [-0.3, -0.25) is 14.5 Å². The number of benzene rings is 2. The van der Waals surface area contributed by atoms with Crippen molar-refractivity contribution in [2.45, 2.75) is 51.2 Å². The average Bonchev–Trinajstić information content (AvgIpc) is 3.22. The molecule has 4 rings (SSSR count). The summed E-state index contributed by atoms with van der Waals surface area (Å²) in [5.74, 6) is -1.19. The third-order valence-corrected chi connectivity index (χ3v) is 7.35. The van der Waals surface area contributed by atoms with Gasteiger partial charge in [-0.05, 0) is 61.6 Å². The van der Waals surface area contributed by atoms with Gasteiger partial charge in [0.15, 0.2) is 0 Å². The van der Waals surface area contributed by atoms with Crippen LogP contribution >= 0.6 is 11.6 Å². The van der Waals surface area contributed by atoms with E-state index in [1.807, 2.05) is 13.0 Å². The van der Waals surface area contributed by atoms with Crippen LogP contribution in [0.2, 0.25) is 5.02 Å². The zero-order valence-electron chi connectivity index (χ0n) is 19.5. The van der Waals surface area contributed by atoms with E-state index < -0.39 is 12.0 Å². The monoisotopic (exact) mass is 483 g/mol. The molecule has 0 aromatic heterocycles. The lowest BCUT2D eigenvalue weighted by atomic mass is 10.0. The molecule has 34 heavy (non-hydrogen) atoms. The van der Waals surface area contributed by atoms with E-state index >= 15 is 0 Å². The molecule has 180 valence electrons. The lowest BCUT2D eigenvalue weighted by Gasteiger charge is -2.39. The third-order valence-electron chi connectivity index (χ3n) is 6.93. The number of carbonyl (C=O) groups excluding carboxylic acids is 2. The van der Waals surface area contributed by atoms with Crippen molar-refractivity contribution in [2.75, 3.05) is 25.0 Å². The van der Waals surface area contributed by atoms with E-state index in [0.29, 0.717) is 18.5 Å². The van der Waals surface area contributed by atoms with Crippen LogP contribution < -0.4 is 4.90 Å². The minimum Gasteiger partial charge on any atom is -0.478 e. The lowest BCUT2D eigenvalue weighted by molar-refractivity contribution is -0.137. The highest BCUT2D eigenvalue weighted by Crippen LogP contribution is 2.30. The third kappa shape index (κ3) is 5.10. The fourth-order valence-electron chi connectivity index (χ4n) is 5.02. The highest BCUT2D eigenvalue weighted by Gasteiger charge is 2.42. The number of hydrogen-bond donors (Lipinski definition) is 1. The van der Waals surface area contributed by atoms with Crippen LogP contribution in [-0.4, -0.2) is 64.9 Å². The van der Waals surface area contributed by atoms with Crippen molar-refractivity contribution in [3.8, 4) is 0 Å². The van der Waals surface area contributed by atoms with Gasteiger partial charge in [0, 0.05) is 49.9 Å². The van der Waals surface area contributed by atoms with E-state index in [-0.39, 0.29) is 23.4 Å². The largest absolute Gasteiger partial charge is 0.478 e. The Morgan fingerprint density at radius 3 is 2.53 bits per heavy atom. The number of amides is 2. The Hall–Kier alpha value is -2.90. The maximum atomic E-state index is 13.4. The van der Waals surface area contributed by atoms with Gasteiger partial charge in [-0.2, -0.15) is 0 Å². The summed E-state index contributed by atoms with van der Waals surface area (Å²) in [6.45, 7) is 4.55. The number of hydrogen-bond acceptors (Lipinski definition) is 4. The SMILES string of the molecule is Cc1cc(CN2CCC(N3C(=O)CC[C@@H]3C(=O)N(C)c3cccc(C(=O)O)c3)CC2)ccc1Cl. The second-order valence-electron chi connectivity index (χ2n) is 9.20. The maximum Gasteiger partial charge on any atom is 0.335 e. The number of likely N-dealkylation sites (N-methyl/N-ethyl adjacent to an activating group) is 1. The molecule has 7 nitrogen and oxygen atoms in total. The van der Waals surface area contributed by atoms with Crippen molar-refractivity contribution in [2.24, 2.45) is 0 Å². The summed E-state index contributed by atoms with van der Waals surface area (Å²) < 4.78 is 0. The Balaban J connectivity index is 1.41. The summed E-state index contributed by atoms with van der Waals surface area (Å²) in [6.07, 6.45) is 2.50. The van der Waals surface area contributed by atoms with Gasteiger partial charge in [0.05, 0.1) is 5.56 Å². The van der Waals surface area contributed by atoms with Gasteiger partial charge < -0.3 is 14.9 Å². The van der Waals surface area contributed by atoms with Crippen molar-refractivity contribution in [1.82, 2.24) is 9.80 Å². The molecule has 8 heteroatoms. The van der Waals surface area contributed by atoms with Crippen LogP contribution in [0, 0.1) is 6.92 Å². The van der Waals surface area contributed by atoms with Crippen LogP contribution in [0.4, 0.5) is 5.69 Å². The molecule has 0 aliphatic carbocycles. The second-order valence-corrected chi connectivity index (χ2v) is 9.61. The van der Waals surface area contributed by atoms with E-state index in [4.69, 9.17) is 11.6 Å². The number of likely N-dealkylation sites (tertiary alicyclic amines) is 2. The van der Waals surface area contributed by atoms with Crippen LogP contribution in [0.25, 0.3) is 0 Å². The molecule has 2 saturated heterocycles. The molecular formula is C26H30ClN3O4. The number of rotatable bonds is 6. The molecule has 1 N–H and O–H groups in total. The maximum absolute atomic E-state index is 13.4. The average molecular weight is 484 g/mol. The standard InChI is InChI=1S/C26H30ClN3O4/c1-17-14-18(6-7-22(17)27)16-29-12-10-20(11-13-29)30-23(8-9-24(30)31)25(32)28(2)21-5-3-4-19(15-21)26(33)34/h3-7,14-15,20,23H,8-13,16H2,1-2H3,(H,33,34)/t23-/m1/s1. The number of piperidine rings is 1. The van der Waals surface area contributed by atoms with Crippen molar-refractivity contribution >= 4 is 35.1 Å². The Bertz CT molecular complexity index is 1100. The molecule has 1 atom stereocenters. The minimum absolute atomic E-state index is 0.0258. The van der Waals surface area contributed by atoms with Gasteiger partial charge in [0.2, 0.25) is 11.8 Å². The number of carbonyl (C=O) groups is 3. The van der Waals surface area contributed by atoms with Crippen LogP contribution in [0.5, 0.6) is 0 Å². The molecule has 2 heterocycles. The summed E-state index contributed by atoms with van der Waals surface area (Å²) in [5.41, 5.74) is 2.92. The van der Waals surface area contributed by atoms with Gasteiger partial charge in [-0.1, -0.05) is 29.8 Å². The zero-order valence-corrected chi connectivity index (χ0v) is 20.3. The van der Waals surface area contributed by atoms with Gasteiger partial charge in [0.1, 0.15) is 6.04 Å². The van der Waals surface area contributed by atoms with Gasteiger partial charge in [-0.25, -0.2) is 4.79 Å². The van der Waals surface area contributed by atoms with Crippen molar-refractivity contribution in [3.05, 3.63) is 64.2 Å². The number of aromatic carboxylic acids is 1. The van der Waals surface area contributed by atoms with E-state index in [2.05, 4.69) is 17.0 Å². The van der Waals surface area contributed by atoms with Gasteiger partial charge in [-0.15, -0.1) is 0 Å². The van der Waals surface area contributed by atoms with Crippen LogP contribution in [0.15, 0.2) is 42.5 Å². The number of aryl methyl sites for hydroxylation is 1. The molecule has 2 fully saturated rings. The fourth-order valence-corrected chi connectivity index (χ4v) is 5.14. The predicted octanol–water partition coefficient (Wildman–Crippen LogP) is 3.97. The van der Waals surface area contributed by atoms with Crippen molar-refractivity contribution in [1.29, 1.82) is 0 Å². The molecule has 2 aliphatic rings. The zero-order chi connectivity index (χ0) is 24.4. The fraction of sp³-hybridized carbons (Fsp3) is 0.423. The highest BCUT2D eigenvalue weighted by molar-refractivity contribution is 6.31. The Labute approximate surface area is 204 Å². The van der Waals surface area contributed by atoms with E-state index in [0.717, 1.165) is 43.1 Å². The number of halogens is 1.